The number of carbonyl (C=O) groups excluding carboxylic acids is 1. The van der Waals surface area contributed by atoms with E-state index in [0.717, 1.165) is 50.8 Å². The van der Waals surface area contributed by atoms with E-state index in [1.807, 2.05) is 20.3 Å². The van der Waals surface area contributed by atoms with Gasteiger partial charge in [-0.15, -0.1) is 0 Å². The molecule has 6 heteroatoms. The van der Waals surface area contributed by atoms with Crippen molar-refractivity contribution in [2.45, 2.75) is 39.2 Å². The minimum atomic E-state index is -0.00657. The third-order valence-electron chi connectivity index (χ3n) is 4.19. The first kappa shape index (κ1) is 17.9. The Hall–Kier alpha value is -1.40. The molecule has 0 radical (unpaired) electrons. The molecular formula is C17H30N4O2. The Labute approximate surface area is 139 Å². The van der Waals surface area contributed by atoms with Gasteiger partial charge in [0.15, 0.2) is 0 Å². The van der Waals surface area contributed by atoms with Crippen LogP contribution in [0.1, 0.15) is 38.8 Å². The zero-order valence-electron chi connectivity index (χ0n) is 15.1. The van der Waals surface area contributed by atoms with E-state index >= 15 is 0 Å². The molecule has 0 saturated carbocycles. The summed E-state index contributed by atoms with van der Waals surface area (Å²) < 4.78 is 5.89. The van der Waals surface area contributed by atoms with Crippen LogP contribution in [0, 0.1) is 0 Å². The van der Waals surface area contributed by atoms with Gasteiger partial charge in [0, 0.05) is 32.6 Å². The first-order chi connectivity index (χ1) is 10.8. The fourth-order valence-corrected chi connectivity index (χ4v) is 2.59. The Kier molecular flexibility index (Phi) is 5.81. The van der Waals surface area contributed by atoms with E-state index in [-0.39, 0.29) is 11.3 Å². The highest BCUT2D eigenvalue weighted by Crippen LogP contribution is 2.23. The molecule has 0 unspecified atom stereocenters. The molecule has 0 aliphatic carbocycles. The molecule has 2 rings (SSSR count). The number of amides is 1. The van der Waals surface area contributed by atoms with Crippen LogP contribution in [0.2, 0.25) is 0 Å². The van der Waals surface area contributed by atoms with Crippen LogP contribution in [0.15, 0.2) is 10.6 Å². The molecule has 6 nitrogen and oxygen atoms in total. The molecule has 1 aliphatic rings. The predicted octanol–water partition coefficient (Wildman–Crippen LogP) is 1.57. The van der Waals surface area contributed by atoms with Gasteiger partial charge >= 0.3 is 0 Å². The zero-order chi connectivity index (χ0) is 17.0. The third kappa shape index (κ3) is 5.32. The number of aromatic nitrogens is 1. The Bertz CT molecular complexity index is 519. The highest BCUT2D eigenvalue weighted by atomic mass is 16.4. The summed E-state index contributed by atoms with van der Waals surface area (Å²) in [6, 6.07) is 0. The zero-order valence-corrected chi connectivity index (χ0v) is 15.1. The van der Waals surface area contributed by atoms with Crippen molar-refractivity contribution in [3.8, 4) is 0 Å². The number of rotatable bonds is 4. The molecule has 1 amide bonds. The first-order valence-corrected chi connectivity index (χ1v) is 8.36. The topological polar surface area (TPSA) is 52.8 Å². The van der Waals surface area contributed by atoms with Crippen molar-refractivity contribution in [2.75, 3.05) is 46.8 Å². The van der Waals surface area contributed by atoms with Crippen molar-refractivity contribution >= 4 is 5.91 Å². The van der Waals surface area contributed by atoms with E-state index in [4.69, 9.17) is 4.42 Å². The lowest BCUT2D eigenvalue weighted by molar-refractivity contribution is -0.129. The predicted molar refractivity (Wildman–Crippen MR) is 90.2 cm³/mol. The normalized spacial score (nSPS) is 18.0. The molecule has 1 aliphatic heterocycles. The van der Waals surface area contributed by atoms with Crippen LogP contribution in [0.4, 0.5) is 0 Å². The summed E-state index contributed by atoms with van der Waals surface area (Å²) in [6.45, 7) is 11.5. The van der Waals surface area contributed by atoms with Gasteiger partial charge in [-0.05, 0) is 19.5 Å². The van der Waals surface area contributed by atoms with Crippen molar-refractivity contribution < 1.29 is 9.21 Å². The maximum absolute atomic E-state index is 11.8. The second kappa shape index (κ2) is 7.45. The van der Waals surface area contributed by atoms with Crippen LogP contribution in [0.5, 0.6) is 0 Å². The van der Waals surface area contributed by atoms with E-state index in [9.17, 15) is 4.79 Å². The number of carbonyl (C=O) groups is 1. The quantitative estimate of drug-likeness (QED) is 0.842. The van der Waals surface area contributed by atoms with Crippen molar-refractivity contribution in [2.24, 2.45) is 0 Å². The highest BCUT2D eigenvalue weighted by molar-refractivity contribution is 5.77. The molecule has 130 valence electrons. The second-order valence-electron chi connectivity index (χ2n) is 7.56. The van der Waals surface area contributed by atoms with Gasteiger partial charge in [0.05, 0.1) is 19.3 Å². The summed E-state index contributed by atoms with van der Waals surface area (Å²) >= 11 is 0. The smallest absolute Gasteiger partial charge is 0.236 e. The maximum atomic E-state index is 11.8. The number of hydrogen-bond donors (Lipinski definition) is 0. The largest absolute Gasteiger partial charge is 0.444 e. The van der Waals surface area contributed by atoms with Gasteiger partial charge < -0.3 is 9.32 Å². The minimum Gasteiger partial charge on any atom is -0.444 e. The van der Waals surface area contributed by atoms with Crippen molar-refractivity contribution in [3.63, 3.8) is 0 Å². The maximum Gasteiger partial charge on any atom is 0.236 e. The third-order valence-corrected chi connectivity index (χ3v) is 4.19. The van der Waals surface area contributed by atoms with Crippen LogP contribution < -0.4 is 0 Å². The molecule has 0 N–H and O–H groups in total. The van der Waals surface area contributed by atoms with E-state index in [0.29, 0.717) is 6.54 Å². The Morgan fingerprint density at radius 1 is 1.22 bits per heavy atom. The number of likely N-dealkylation sites (N-methyl/N-ethyl adjacent to an activating group) is 1. The molecule has 23 heavy (non-hydrogen) atoms. The summed E-state index contributed by atoms with van der Waals surface area (Å²) in [5, 5.41) is 0. The van der Waals surface area contributed by atoms with E-state index in [2.05, 4.69) is 35.6 Å². The van der Waals surface area contributed by atoms with Crippen LogP contribution in [-0.4, -0.2) is 72.4 Å². The van der Waals surface area contributed by atoms with Gasteiger partial charge in [0.1, 0.15) is 5.76 Å². The monoisotopic (exact) mass is 322 g/mol. The van der Waals surface area contributed by atoms with E-state index in [1.54, 1.807) is 4.90 Å². The van der Waals surface area contributed by atoms with Crippen LogP contribution in [0.25, 0.3) is 0 Å². The van der Waals surface area contributed by atoms with Gasteiger partial charge in [0.25, 0.3) is 0 Å². The second-order valence-corrected chi connectivity index (χ2v) is 7.56. The number of hydrogen-bond acceptors (Lipinski definition) is 5. The summed E-state index contributed by atoms with van der Waals surface area (Å²) in [4.78, 5) is 22.5. The van der Waals surface area contributed by atoms with E-state index < -0.39 is 0 Å². The molecule has 1 aromatic rings. The molecule has 2 heterocycles. The summed E-state index contributed by atoms with van der Waals surface area (Å²) in [6.07, 6.45) is 2.91. The van der Waals surface area contributed by atoms with Crippen LogP contribution in [0.3, 0.4) is 0 Å². The summed E-state index contributed by atoms with van der Waals surface area (Å²) in [5.74, 6) is 1.88. The fourth-order valence-electron chi connectivity index (χ4n) is 2.59. The van der Waals surface area contributed by atoms with Gasteiger partial charge in [-0.25, -0.2) is 4.98 Å². The molecule has 0 atom stereocenters. The lowest BCUT2D eigenvalue weighted by atomic mass is 9.94. The van der Waals surface area contributed by atoms with Crippen molar-refractivity contribution in [3.05, 3.63) is 17.8 Å². The van der Waals surface area contributed by atoms with Gasteiger partial charge in [-0.2, -0.15) is 0 Å². The average molecular weight is 322 g/mol. The molecule has 1 saturated heterocycles. The van der Waals surface area contributed by atoms with Gasteiger partial charge in [-0.3, -0.25) is 14.6 Å². The van der Waals surface area contributed by atoms with Crippen LogP contribution in [-0.2, 0) is 16.8 Å². The fraction of sp³-hybridized carbons (Fsp3) is 0.765. The number of nitrogens with zero attached hydrogens (tertiary/aromatic N) is 4. The standard InChI is InChI=1S/C17H30N4O2/c1-17(2,3)14-11-18-15(23-14)12-20-7-6-8-21(10-9-20)13-16(22)19(4)5/h11H,6-10,12-13H2,1-5H3. The lowest BCUT2D eigenvalue weighted by Crippen LogP contribution is -2.38. The van der Waals surface area contributed by atoms with Crippen LogP contribution >= 0.6 is 0 Å². The molecule has 0 bridgehead atoms. The van der Waals surface area contributed by atoms with Gasteiger partial charge in [0.2, 0.25) is 11.8 Å². The molecule has 1 fully saturated rings. The first-order valence-electron chi connectivity index (χ1n) is 8.36. The molecular weight excluding hydrogens is 292 g/mol. The minimum absolute atomic E-state index is 0.00657. The number of oxazole rings is 1. The Morgan fingerprint density at radius 3 is 2.48 bits per heavy atom. The SMILES string of the molecule is CN(C)C(=O)CN1CCCN(Cc2ncc(C(C)(C)C)o2)CC1. The van der Waals surface area contributed by atoms with Gasteiger partial charge in [-0.1, -0.05) is 20.8 Å². The molecule has 0 spiro atoms. The highest BCUT2D eigenvalue weighted by Gasteiger charge is 2.22. The van der Waals surface area contributed by atoms with E-state index in [1.165, 1.54) is 0 Å². The van der Waals surface area contributed by atoms with Crippen molar-refractivity contribution in [1.29, 1.82) is 0 Å². The Morgan fingerprint density at radius 2 is 1.87 bits per heavy atom. The average Bonchev–Trinajstić information content (AvgIpc) is 2.82. The van der Waals surface area contributed by atoms with Crippen molar-refractivity contribution in [1.82, 2.24) is 19.7 Å². The molecule has 0 aromatic carbocycles. The summed E-state index contributed by atoms with van der Waals surface area (Å²) in [5.41, 5.74) is -0.00657. The Balaban J connectivity index is 1.86. The molecule has 1 aromatic heterocycles. The summed E-state index contributed by atoms with van der Waals surface area (Å²) in [7, 11) is 3.61. The lowest BCUT2D eigenvalue weighted by Gasteiger charge is -2.22.